The summed E-state index contributed by atoms with van der Waals surface area (Å²) >= 11 is 0. The van der Waals surface area contributed by atoms with Gasteiger partial charge in [-0.1, -0.05) is 38.0 Å². The minimum absolute atomic E-state index is 0.0652. The van der Waals surface area contributed by atoms with Gasteiger partial charge in [-0.15, -0.1) is 0 Å². The lowest BCUT2D eigenvalue weighted by Crippen LogP contribution is -2.57. The molecule has 2 aromatic carbocycles. The van der Waals surface area contributed by atoms with Crippen molar-refractivity contribution in [3.8, 4) is 11.5 Å². The van der Waals surface area contributed by atoms with Gasteiger partial charge in [0.2, 0.25) is 17.7 Å². The second-order valence-electron chi connectivity index (χ2n) is 12.0. The Bertz CT molecular complexity index is 1310. The number of fused-ring (bicyclic) bond motifs is 1. The quantitative estimate of drug-likeness (QED) is 0.506. The summed E-state index contributed by atoms with van der Waals surface area (Å²) in [7, 11) is 3.18. The Morgan fingerprint density at radius 2 is 1.76 bits per heavy atom. The SMILES string of the molecule is COc1ccc(CN2C(=O)C3C(C(=O)Nc4cccc(OC)c4)C4CCC3(O4)C2C(=O)NC2CCCCC2C)cc1. The lowest BCUT2D eigenvalue weighted by molar-refractivity contribution is -0.142. The summed E-state index contributed by atoms with van der Waals surface area (Å²) < 4.78 is 17.2. The zero-order chi connectivity index (χ0) is 28.7. The fourth-order valence-electron chi connectivity index (χ4n) is 7.57. The maximum Gasteiger partial charge on any atom is 0.246 e. The Balaban J connectivity index is 1.31. The predicted molar refractivity (Wildman–Crippen MR) is 152 cm³/mol. The largest absolute Gasteiger partial charge is 0.497 e. The number of rotatable bonds is 8. The van der Waals surface area contributed by atoms with Gasteiger partial charge in [-0.3, -0.25) is 14.4 Å². The average Bonchev–Trinajstić information content (AvgIpc) is 3.62. The van der Waals surface area contributed by atoms with E-state index in [-0.39, 0.29) is 30.3 Å². The number of nitrogens with one attached hydrogen (secondary N) is 2. The van der Waals surface area contributed by atoms with Crippen LogP contribution >= 0.6 is 0 Å². The Morgan fingerprint density at radius 1 is 1.00 bits per heavy atom. The predicted octanol–water partition coefficient (Wildman–Crippen LogP) is 3.91. The van der Waals surface area contributed by atoms with Crippen LogP contribution in [0.15, 0.2) is 48.5 Å². The van der Waals surface area contributed by atoms with Crippen molar-refractivity contribution < 1.29 is 28.6 Å². The van der Waals surface area contributed by atoms with Gasteiger partial charge >= 0.3 is 0 Å². The fourth-order valence-corrected chi connectivity index (χ4v) is 7.57. The normalized spacial score (nSPS) is 32.0. The standard InChI is InChI=1S/C32H39N3O6/c1-19-7-4-5-10-24(19)34-30(37)28-32-16-15-25(41-32)26(29(36)33-21-8-6-9-23(17-21)40-3)27(32)31(38)35(28)18-20-11-13-22(39-2)14-12-20/h6,8-9,11-14,17,19,24-28H,4-5,7,10,15-16,18H2,1-3H3,(H,33,36)(H,34,37). The van der Waals surface area contributed by atoms with E-state index >= 15 is 0 Å². The molecule has 3 saturated heterocycles. The molecule has 41 heavy (non-hydrogen) atoms. The van der Waals surface area contributed by atoms with Gasteiger partial charge in [0, 0.05) is 24.3 Å². The zero-order valence-electron chi connectivity index (χ0n) is 23.9. The van der Waals surface area contributed by atoms with Crippen molar-refractivity contribution in [3.05, 3.63) is 54.1 Å². The highest BCUT2D eigenvalue weighted by molar-refractivity contribution is 6.02. The first-order valence-corrected chi connectivity index (χ1v) is 14.7. The molecule has 4 fully saturated rings. The van der Waals surface area contributed by atoms with Gasteiger partial charge in [0.25, 0.3) is 0 Å². The maximum absolute atomic E-state index is 14.3. The Hall–Kier alpha value is -3.59. The number of hydrogen-bond acceptors (Lipinski definition) is 6. The van der Waals surface area contributed by atoms with Gasteiger partial charge in [-0.25, -0.2) is 0 Å². The van der Waals surface area contributed by atoms with Crippen LogP contribution < -0.4 is 20.1 Å². The molecule has 2 aromatic rings. The maximum atomic E-state index is 14.3. The molecule has 1 saturated carbocycles. The van der Waals surface area contributed by atoms with E-state index in [9.17, 15) is 14.4 Å². The summed E-state index contributed by atoms with van der Waals surface area (Å²) in [4.78, 5) is 43.8. The van der Waals surface area contributed by atoms with Crippen molar-refractivity contribution in [2.45, 2.75) is 75.8 Å². The highest BCUT2D eigenvalue weighted by Gasteiger charge is 2.74. The summed E-state index contributed by atoms with van der Waals surface area (Å²) in [5.41, 5.74) is 0.436. The van der Waals surface area contributed by atoms with Crippen molar-refractivity contribution in [2.24, 2.45) is 17.8 Å². The van der Waals surface area contributed by atoms with Gasteiger partial charge in [-0.05, 0) is 61.4 Å². The van der Waals surface area contributed by atoms with E-state index in [1.165, 1.54) is 6.42 Å². The van der Waals surface area contributed by atoms with E-state index in [1.54, 1.807) is 43.4 Å². The Morgan fingerprint density at radius 3 is 2.49 bits per heavy atom. The molecular weight excluding hydrogens is 522 g/mol. The molecule has 2 bridgehead atoms. The van der Waals surface area contributed by atoms with Crippen molar-refractivity contribution in [1.82, 2.24) is 10.2 Å². The van der Waals surface area contributed by atoms with E-state index < -0.39 is 29.6 Å². The second-order valence-corrected chi connectivity index (χ2v) is 12.0. The molecule has 7 atom stereocenters. The Labute approximate surface area is 240 Å². The van der Waals surface area contributed by atoms with Gasteiger partial charge < -0.3 is 29.7 Å². The van der Waals surface area contributed by atoms with E-state index in [1.807, 2.05) is 24.3 Å². The number of likely N-dealkylation sites (tertiary alicyclic amines) is 1. The highest BCUT2D eigenvalue weighted by atomic mass is 16.5. The van der Waals surface area contributed by atoms with Gasteiger partial charge in [0.1, 0.15) is 23.1 Å². The van der Waals surface area contributed by atoms with Gasteiger partial charge in [0.15, 0.2) is 0 Å². The van der Waals surface area contributed by atoms with E-state index in [0.29, 0.717) is 35.9 Å². The Kier molecular flexibility index (Phi) is 7.40. The molecule has 0 aromatic heterocycles. The molecule has 218 valence electrons. The molecule has 3 amide bonds. The van der Waals surface area contributed by atoms with Crippen LogP contribution in [0.25, 0.3) is 0 Å². The van der Waals surface area contributed by atoms with E-state index in [2.05, 4.69) is 17.6 Å². The topological polar surface area (TPSA) is 106 Å². The summed E-state index contributed by atoms with van der Waals surface area (Å²) in [5.74, 6) is -0.358. The number of ether oxygens (including phenoxy) is 3. The lowest BCUT2D eigenvalue weighted by Gasteiger charge is -2.36. The molecule has 3 aliphatic heterocycles. The third-order valence-corrected chi connectivity index (χ3v) is 9.64. The summed E-state index contributed by atoms with van der Waals surface area (Å²) in [5, 5.41) is 6.29. The van der Waals surface area contributed by atoms with Crippen LogP contribution in [0.5, 0.6) is 11.5 Å². The third kappa shape index (κ3) is 4.84. The van der Waals surface area contributed by atoms with Crippen LogP contribution in [0.1, 0.15) is 51.0 Å². The summed E-state index contributed by atoms with van der Waals surface area (Å²) in [6, 6.07) is 13.9. The van der Waals surface area contributed by atoms with Crippen LogP contribution in [-0.4, -0.2) is 60.6 Å². The molecule has 7 unspecified atom stereocenters. The molecule has 2 N–H and O–H groups in total. The average molecular weight is 562 g/mol. The van der Waals surface area contributed by atoms with Gasteiger partial charge in [0.05, 0.1) is 32.2 Å². The van der Waals surface area contributed by atoms with Crippen molar-refractivity contribution >= 4 is 23.4 Å². The molecule has 1 spiro atoms. The van der Waals surface area contributed by atoms with Crippen LogP contribution in [0.2, 0.25) is 0 Å². The minimum Gasteiger partial charge on any atom is -0.497 e. The highest BCUT2D eigenvalue weighted by Crippen LogP contribution is 2.58. The molecule has 4 aliphatic rings. The molecule has 9 heteroatoms. The number of methoxy groups -OCH3 is 2. The number of carbonyl (C=O) groups excluding carboxylic acids is 3. The number of hydrogen-bond donors (Lipinski definition) is 2. The number of anilines is 1. The third-order valence-electron chi connectivity index (χ3n) is 9.64. The first kappa shape index (κ1) is 27.6. The zero-order valence-corrected chi connectivity index (χ0v) is 23.9. The van der Waals surface area contributed by atoms with Crippen LogP contribution in [-0.2, 0) is 25.7 Å². The lowest BCUT2D eigenvalue weighted by atomic mass is 9.70. The molecule has 9 nitrogen and oxygen atoms in total. The number of carbonyl (C=O) groups is 3. The molecule has 6 rings (SSSR count). The smallest absolute Gasteiger partial charge is 0.246 e. The fraction of sp³-hybridized carbons (Fsp3) is 0.531. The first-order valence-electron chi connectivity index (χ1n) is 14.7. The number of benzene rings is 2. The first-order chi connectivity index (χ1) is 19.8. The van der Waals surface area contributed by atoms with Crippen molar-refractivity contribution in [2.75, 3.05) is 19.5 Å². The second kappa shape index (κ2) is 11.0. The molecule has 1 aliphatic carbocycles. The van der Waals surface area contributed by atoms with E-state index in [4.69, 9.17) is 14.2 Å². The molecular formula is C32H39N3O6. The van der Waals surface area contributed by atoms with Crippen molar-refractivity contribution in [1.29, 1.82) is 0 Å². The summed E-state index contributed by atoms with van der Waals surface area (Å²) in [6.45, 7) is 2.42. The monoisotopic (exact) mass is 561 g/mol. The minimum atomic E-state index is -1.04. The van der Waals surface area contributed by atoms with Crippen LogP contribution in [0.4, 0.5) is 5.69 Å². The van der Waals surface area contributed by atoms with Gasteiger partial charge in [-0.2, -0.15) is 0 Å². The van der Waals surface area contributed by atoms with E-state index in [0.717, 1.165) is 24.8 Å². The van der Waals surface area contributed by atoms with Crippen LogP contribution in [0, 0.1) is 17.8 Å². The molecule has 0 radical (unpaired) electrons. The van der Waals surface area contributed by atoms with Crippen LogP contribution in [0.3, 0.4) is 0 Å². The van der Waals surface area contributed by atoms with Crippen molar-refractivity contribution in [3.63, 3.8) is 0 Å². The number of nitrogens with zero attached hydrogens (tertiary/aromatic N) is 1. The molecule has 3 heterocycles. The number of amides is 3. The summed E-state index contributed by atoms with van der Waals surface area (Å²) in [6.07, 6.45) is 5.02.